The summed E-state index contributed by atoms with van der Waals surface area (Å²) in [5, 5.41) is 28.5. The maximum Gasteiger partial charge on any atom is 0.269 e. The van der Waals surface area contributed by atoms with Crippen LogP contribution in [-0.2, 0) is 6.54 Å². The van der Waals surface area contributed by atoms with Crippen molar-refractivity contribution < 1.29 is 10.0 Å². The number of nitro benzene ring substituents is 1. The van der Waals surface area contributed by atoms with E-state index in [4.69, 9.17) is 12.2 Å². The van der Waals surface area contributed by atoms with Crippen molar-refractivity contribution >= 4 is 44.6 Å². The lowest BCUT2D eigenvalue weighted by atomic mass is 10.2. The predicted octanol–water partition coefficient (Wildman–Crippen LogP) is 2.92. The number of non-ortho nitro benzene ring substituents is 1. The van der Waals surface area contributed by atoms with Gasteiger partial charge in [0.15, 0.2) is 5.11 Å². The van der Waals surface area contributed by atoms with Gasteiger partial charge in [0.25, 0.3) is 5.69 Å². The summed E-state index contributed by atoms with van der Waals surface area (Å²) in [7, 11) is 0. The molecule has 0 heterocycles. The molecule has 0 fully saturated rings. The van der Waals surface area contributed by atoms with Gasteiger partial charge < -0.3 is 15.7 Å². The standard InChI is InChI=1S/C14H12BrN3O3S/c15-10-2-1-3-11(7-10)17-14(22)16-8-9-6-12(18(20)21)4-5-13(9)19/h1-7,19H,8H2,(H2,16,17,22)/p-1. The van der Waals surface area contributed by atoms with Crippen molar-refractivity contribution in [2.75, 3.05) is 5.32 Å². The van der Waals surface area contributed by atoms with Gasteiger partial charge in [-0.1, -0.05) is 28.1 Å². The van der Waals surface area contributed by atoms with E-state index in [1.54, 1.807) is 0 Å². The van der Waals surface area contributed by atoms with Crippen LogP contribution in [0, 0.1) is 10.1 Å². The molecular weight excluding hydrogens is 370 g/mol. The van der Waals surface area contributed by atoms with Crippen molar-refractivity contribution in [3.8, 4) is 5.75 Å². The molecule has 0 radical (unpaired) electrons. The largest absolute Gasteiger partial charge is 0.872 e. The number of halogens is 1. The van der Waals surface area contributed by atoms with Crippen LogP contribution in [0.4, 0.5) is 11.4 Å². The third kappa shape index (κ3) is 4.40. The fourth-order valence-electron chi connectivity index (χ4n) is 1.73. The maximum atomic E-state index is 11.7. The predicted molar refractivity (Wildman–Crippen MR) is 89.7 cm³/mol. The molecule has 0 bridgehead atoms. The summed E-state index contributed by atoms with van der Waals surface area (Å²) in [6, 6.07) is 11.0. The second-order valence-electron chi connectivity index (χ2n) is 4.37. The zero-order valence-electron chi connectivity index (χ0n) is 11.2. The highest BCUT2D eigenvalue weighted by Gasteiger charge is 2.07. The lowest BCUT2D eigenvalue weighted by Crippen LogP contribution is -2.28. The number of nitro groups is 1. The Kier molecular flexibility index (Phi) is 5.29. The lowest BCUT2D eigenvalue weighted by molar-refractivity contribution is -0.385. The Labute approximate surface area is 140 Å². The van der Waals surface area contributed by atoms with Crippen molar-refractivity contribution in [2.24, 2.45) is 0 Å². The van der Waals surface area contributed by atoms with Gasteiger partial charge >= 0.3 is 0 Å². The van der Waals surface area contributed by atoms with E-state index in [2.05, 4.69) is 26.6 Å². The molecular formula is C14H11BrN3O3S-. The first-order valence-electron chi connectivity index (χ1n) is 6.20. The molecule has 0 aliphatic heterocycles. The van der Waals surface area contributed by atoms with Gasteiger partial charge in [0.05, 0.1) is 4.92 Å². The number of nitrogens with zero attached hydrogens (tertiary/aromatic N) is 1. The molecule has 0 unspecified atom stereocenters. The molecule has 0 atom stereocenters. The number of anilines is 1. The molecule has 0 aliphatic carbocycles. The Hall–Kier alpha value is -2.19. The third-order valence-corrected chi connectivity index (χ3v) is 3.52. The fraction of sp³-hybridized carbons (Fsp3) is 0.0714. The molecule has 22 heavy (non-hydrogen) atoms. The lowest BCUT2D eigenvalue weighted by Gasteiger charge is -2.15. The van der Waals surface area contributed by atoms with Crippen molar-refractivity contribution in [3.05, 3.63) is 62.6 Å². The summed E-state index contributed by atoms with van der Waals surface area (Å²) in [5.74, 6) is -0.275. The minimum absolute atomic E-state index is 0.111. The first-order valence-corrected chi connectivity index (χ1v) is 7.40. The Morgan fingerprint density at radius 2 is 2.05 bits per heavy atom. The van der Waals surface area contributed by atoms with Crippen LogP contribution in [0.3, 0.4) is 0 Å². The Morgan fingerprint density at radius 1 is 1.27 bits per heavy atom. The normalized spacial score (nSPS) is 10.0. The number of benzene rings is 2. The molecule has 0 spiro atoms. The molecule has 8 heteroatoms. The van der Waals surface area contributed by atoms with E-state index in [9.17, 15) is 15.2 Å². The van der Waals surface area contributed by atoms with Crippen molar-refractivity contribution in [3.63, 3.8) is 0 Å². The summed E-state index contributed by atoms with van der Waals surface area (Å²) in [6.07, 6.45) is 0. The highest BCUT2D eigenvalue weighted by Crippen LogP contribution is 2.20. The third-order valence-electron chi connectivity index (χ3n) is 2.78. The van der Waals surface area contributed by atoms with E-state index < -0.39 is 4.92 Å². The van der Waals surface area contributed by atoms with Gasteiger partial charge in [-0.3, -0.25) is 10.1 Å². The molecule has 0 aromatic heterocycles. The molecule has 0 amide bonds. The molecule has 2 rings (SSSR count). The summed E-state index contributed by atoms with van der Waals surface area (Å²) in [5.41, 5.74) is 0.947. The average molecular weight is 381 g/mol. The van der Waals surface area contributed by atoms with Crippen LogP contribution in [0.2, 0.25) is 0 Å². The fourth-order valence-corrected chi connectivity index (χ4v) is 2.32. The Bertz CT molecular complexity index is 724. The van der Waals surface area contributed by atoms with Crippen LogP contribution in [0.5, 0.6) is 5.75 Å². The first-order chi connectivity index (χ1) is 10.5. The zero-order chi connectivity index (χ0) is 16.1. The van der Waals surface area contributed by atoms with E-state index >= 15 is 0 Å². The molecule has 2 aromatic rings. The number of thiocarbonyl (C=S) groups is 1. The van der Waals surface area contributed by atoms with E-state index in [0.29, 0.717) is 5.11 Å². The second kappa shape index (κ2) is 7.19. The summed E-state index contributed by atoms with van der Waals surface area (Å²) in [4.78, 5) is 10.2. The van der Waals surface area contributed by atoms with Crippen LogP contribution in [-0.4, -0.2) is 10.0 Å². The van der Waals surface area contributed by atoms with E-state index in [-0.39, 0.29) is 23.5 Å². The SMILES string of the molecule is O=[N+]([O-])c1ccc([O-])c(CNC(=S)Nc2cccc(Br)c2)c1. The monoisotopic (exact) mass is 380 g/mol. The number of hydrogen-bond acceptors (Lipinski definition) is 4. The van der Waals surface area contributed by atoms with Gasteiger partial charge in [-0.15, -0.1) is 5.75 Å². The first kappa shape index (κ1) is 16.2. The highest BCUT2D eigenvalue weighted by atomic mass is 79.9. The van der Waals surface area contributed by atoms with Gasteiger partial charge in [0, 0.05) is 28.8 Å². The van der Waals surface area contributed by atoms with E-state index in [1.807, 2.05) is 24.3 Å². The number of nitrogens with one attached hydrogen (secondary N) is 2. The van der Waals surface area contributed by atoms with Gasteiger partial charge in [0.1, 0.15) is 0 Å². The Morgan fingerprint density at radius 3 is 2.73 bits per heavy atom. The molecule has 2 N–H and O–H groups in total. The van der Waals surface area contributed by atoms with Gasteiger partial charge in [0.2, 0.25) is 0 Å². The molecule has 6 nitrogen and oxygen atoms in total. The summed E-state index contributed by atoms with van der Waals surface area (Å²) in [6.45, 7) is 0.111. The molecule has 114 valence electrons. The quantitative estimate of drug-likeness (QED) is 0.481. The average Bonchev–Trinajstić information content (AvgIpc) is 2.46. The summed E-state index contributed by atoms with van der Waals surface area (Å²) < 4.78 is 0.904. The number of hydrogen-bond donors (Lipinski definition) is 2. The molecule has 0 saturated carbocycles. The second-order valence-corrected chi connectivity index (χ2v) is 5.69. The number of rotatable bonds is 4. The minimum Gasteiger partial charge on any atom is -0.872 e. The molecule has 0 aliphatic rings. The highest BCUT2D eigenvalue weighted by molar-refractivity contribution is 9.10. The smallest absolute Gasteiger partial charge is 0.269 e. The van der Waals surface area contributed by atoms with Crippen LogP contribution < -0.4 is 15.7 Å². The van der Waals surface area contributed by atoms with Crippen molar-refractivity contribution in [2.45, 2.75) is 6.54 Å². The molecule has 2 aromatic carbocycles. The van der Waals surface area contributed by atoms with E-state index in [1.165, 1.54) is 18.2 Å². The zero-order valence-corrected chi connectivity index (χ0v) is 13.6. The topological polar surface area (TPSA) is 90.3 Å². The van der Waals surface area contributed by atoms with Crippen molar-refractivity contribution in [1.82, 2.24) is 5.32 Å². The van der Waals surface area contributed by atoms with Crippen molar-refractivity contribution in [1.29, 1.82) is 0 Å². The summed E-state index contributed by atoms with van der Waals surface area (Å²) >= 11 is 8.48. The van der Waals surface area contributed by atoms with Gasteiger partial charge in [-0.25, -0.2) is 0 Å². The van der Waals surface area contributed by atoms with Crippen LogP contribution in [0.25, 0.3) is 0 Å². The van der Waals surface area contributed by atoms with E-state index in [0.717, 1.165) is 10.2 Å². The minimum atomic E-state index is -0.541. The van der Waals surface area contributed by atoms with Gasteiger partial charge in [-0.05, 0) is 36.0 Å². The van der Waals surface area contributed by atoms with Crippen LogP contribution >= 0.6 is 28.1 Å². The van der Waals surface area contributed by atoms with Gasteiger partial charge in [-0.2, -0.15) is 0 Å². The maximum absolute atomic E-state index is 11.7. The van der Waals surface area contributed by atoms with Crippen LogP contribution in [0.15, 0.2) is 46.9 Å². The Balaban J connectivity index is 1.99. The molecule has 0 saturated heterocycles. The van der Waals surface area contributed by atoms with Crippen LogP contribution in [0.1, 0.15) is 5.56 Å².